The van der Waals surface area contributed by atoms with E-state index in [9.17, 15) is 14.4 Å². The monoisotopic (exact) mass is 380 g/mol. The van der Waals surface area contributed by atoms with Crippen molar-refractivity contribution in [1.29, 1.82) is 0 Å². The number of fused-ring (bicyclic) bond motifs is 1. The first kappa shape index (κ1) is 19.2. The number of nitrogens with one attached hydrogen (secondary N) is 2. The van der Waals surface area contributed by atoms with E-state index in [2.05, 4.69) is 15.4 Å². The topological polar surface area (TPSA) is 97.6 Å². The number of carbonyl (C=O) groups excluding carboxylic acids is 3. The standard InChI is InChI=1S/C21H20N2O5/c1-13-16-5-3-4-6-17(16)28-19(13)21(26)23-15-9-7-14(8-10-15)20(25)22-12-11-18(24)27-2/h3-10H,11-12H2,1-2H3,(H,22,25)(H,23,26). The molecule has 7 nitrogen and oxygen atoms in total. The Bertz CT molecular complexity index is 1020. The second-order valence-corrected chi connectivity index (χ2v) is 6.17. The van der Waals surface area contributed by atoms with Gasteiger partial charge in [0.05, 0.1) is 13.5 Å². The lowest BCUT2D eigenvalue weighted by Gasteiger charge is -2.07. The molecular weight excluding hydrogens is 360 g/mol. The van der Waals surface area contributed by atoms with Crippen LogP contribution in [0.3, 0.4) is 0 Å². The first-order valence-electron chi connectivity index (χ1n) is 8.74. The van der Waals surface area contributed by atoms with E-state index in [4.69, 9.17) is 4.42 Å². The van der Waals surface area contributed by atoms with Crippen LogP contribution in [0.15, 0.2) is 52.9 Å². The summed E-state index contributed by atoms with van der Waals surface area (Å²) in [6.07, 6.45) is 0.104. The molecule has 0 bridgehead atoms. The fourth-order valence-corrected chi connectivity index (χ4v) is 2.77. The Hall–Kier alpha value is -3.61. The fourth-order valence-electron chi connectivity index (χ4n) is 2.77. The summed E-state index contributed by atoms with van der Waals surface area (Å²) < 4.78 is 10.2. The summed E-state index contributed by atoms with van der Waals surface area (Å²) >= 11 is 0. The molecule has 0 unspecified atom stereocenters. The first-order chi connectivity index (χ1) is 13.5. The van der Waals surface area contributed by atoms with E-state index < -0.39 is 0 Å². The fraction of sp³-hybridized carbons (Fsp3) is 0.190. The van der Waals surface area contributed by atoms with Crippen LogP contribution in [0.25, 0.3) is 11.0 Å². The number of hydrogen-bond donors (Lipinski definition) is 2. The van der Waals surface area contributed by atoms with Crippen molar-refractivity contribution in [3.05, 3.63) is 65.4 Å². The summed E-state index contributed by atoms with van der Waals surface area (Å²) in [6.45, 7) is 2.03. The predicted octanol–water partition coefficient (Wildman–Crippen LogP) is 3.29. The normalized spacial score (nSPS) is 10.5. The Morgan fingerprint density at radius 1 is 1.00 bits per heavy atom. The Kier molecular flexibility index (Phi) is 5.74. The van der Waals surface area contributed by atoms with Gasteiger partial charge in [-0.1, -0.05) is 18.2 Å². The minimum atomic E-state index is -0.390. The van der Waals surface area contributed by atoms with Crippen LogP contribution in [0.5, 0.6) is 0 Å². The summed E-state index contributed by atoms with van der Waals surface area (Å²) in [5.74, 6) is -0.802. The number of methoxy groups -OCH3 is 1. The van der Waals surface area contributed by atoms with E-state index in [0.29, 0.717) is 16.8 Å². The third-order valence-electron chi connectivity index (χ3n) is 4.30. The highest BCUT2D eigenvalue weighted by Gasteiger charge is 2.17. The van der Waals surface area contributed by atoms with Gasteiger partial charge < -0.3 is 19.8 Å². The van der Waals surface area contributed by atoms with Gasteiger partial charge in [0.1, 0.15) is 5.58 Å². The minimum Gasteiger partial charge on any atom is -0.469 e. The van der Waals surface area contributed by atoms with Crippen molar-refractivity contribution in [1.82, 2.24) is 5.32 Å². The van der Waals surface area contributed by atoms with Crippen LogP contribution >= 0.6 is 0 Å². The SMILES string of the molecule is COC(=O)CCNC(=O)c1ccc(NC(=O)c2oc3ccccc3c2C)cc1. The van der Waals surface area contributed by atoms with Gasteiger partial charge in [0.15, 0.2) is 5.76 Å². The van der Waals surface area contributed by atoms with Gasteiger partial charge in [-0.15, -0.1) is 0 Å². The lowest BCUT2D eigenvalue weighted by molar-refractivity contribution is -0.140. The van der Waals surface area contributed by atoms with Crippen LogP contribution < -0.4 is 10.6 Å². The number of rotatable bonds is 6. The molecule has 2 aromatic carbocycles. The molecule has 0 aliphatic carbocycles. The lowest BCUT2D eigenvalue weighted by atomic mass is 10.1. The number of para-hydroxylation sites is 1. The van der Waals surface area contributed by atoms with Crippen molar-refractivity contribution in [3.8, 4) is 0 Å². The zero-order chi connectivity index (χ0) is 20.1. The summed E-state index contributed by atoms with van der Waals surface area (Å²) in [5.41, 5.74) is 2.39. The molecular formula is C21H20N2O5. The molecule has 1 heterocycles. The summed E-state index contributed by atoms with van der Waals surface area (Å²) in [5, 5.41) is 6.29. The highest BCUT2D eigenvalue weighted by Crippen LogP contribution is 2.25. The van der Waals surface area contributed by atoms with E-state index >= 15 is 0 Å². The smallest absolute Gasteiger partial charge is 0.307 e. The molecule has 7 heteroatoms. The van der Waals surface area contributed by atoms with Crippen LogP contribution in [0.4, 0.5) is 5.69 Å². The van der Waals surface area contributed by atoms with Crippen molar-refractivity contribution in [2.75, 3.05) is 19.0 Å². The van der Waals surface area contributed by atoms with E-state index in [1.807, 2.05) is 31.2 Å². The minimum absolute atomic E-state index is 0.104. The lowest BCUT2D eigenvalue weighted by Crippen LogP contribution is -2.26. The molecule has 0 spiro atoms. The maximum Gasteiger partial charge on any atom is 0.307 e. The highest BCUT2D eigenvalue weighted by atomic mass is 16.5. The molecule has 144 valence electrons. The van der Waals surface area contributed by atoms with Gasteiger partial charge >= 0.3 is 5.97 Å². The van der Waals surface area contributed by atoms with E-state index in [0.717, 1.165) is 10.9 Å². The van der Waals surface area contributed by atoms with Crippen molar-refractivity contribution < 1.29 is 23.5 Å². The van der Waals surface area contributed by atoms with Crippen LogP contribution in [-0.2, 0) is 9.53 Å². The zero-order valence-corrected chi connectivity index (χ0v) is 15.6. The Morgan fingerprint density at radius 3 is 2.39 bits per heavy atom. The number of aryl methyl sites for hydroxylation is 1. The van der Waals surface area contributed by atoms with Gasteiger partial charge in [-0.3, -0.25) is 14.4 Å². The molecule has 3 rings (SSSR count). The molecule has 28 heavy (non-hydrogen) atoms. The number of ether oxygens (including phenoxy) is 1. The zero-order valence-electron chi connectivity index (χ0n) is 15.6. The molecule has 0 aliphatic rings. The molecule has 0 saturated heterocycles. The number of furan rings is 1. The second-order valence-electron chi connectivity index (χ2n) is 6.17. The number of amides is 2. The maximum atomic E-state index is 12.5. The molecule has 3 aromatic rings. The maximum absolute atomic E-state index is 12.5. The third kappa shape index (κ3) is 4.20. The Labute approximate surface area is 161 Å². The number of esters is 1. The van der Waals surface area contributed by atoms with Crippen molar-refractivity contribution in [2.24, 2.45) is 0 Å². The van der Waals surface area contributed by atoms with Crippen molar-refractivity contribution >= 4 is 34.4 Å². The molecule has 1 aromatic heterocycles. The van der Waals surface area contributed by atoms with E-state index in [1.165, 1.54) is 7.11 Å². The van der Waals surface area contributed by atoms with Gasteiger partial charge in [-0.05, 0) is 37.3 Å². The van der Waals surface area contributed by atoms with Gasteiger partial charge in [-0.2, -0.15) is 0 Å². The molecule has 2 amide bonds. The summed E-state index contributed by atoms with van der Waals surface area (Å²) in [6, 6.07) is 13.9. The number of benzene rings is 2. The number of anilines is 1. The van der Waals surface area contributed by atoms with Crippen LogP contribution in [0.2, 0.25) is 0 Å². The number of carbonyl (C=O) groups is 3. The Balaban J connectivity index is 1.63. The van der Waals surface area contributed by atoms with Gasteiger partial charge in [-0.25, -0.2) is 0 Å². The summed E-state index contributed by atoms with van der Waals surface area (Å²) in [7, 11) is 1.30. The van der Waals surface area contributed by atoms with E-state index in [-0.39, 0.29) is 36.5 Å². The first-order valence-corrected chi connectivity index (χ1v) is 8.74. The largest absolute Gasteiger partial charge is 0.469 e. The number of hydrogen-bond acceptors (Lipinski definition) is 5. The molecule has 0 atom stereocenters. The van der Waals surface area contributed by atoms with Gasteiger partial charge in [0, 0.05) is 28.7 Å². The van der Waals surface area contributed by atoms with Gasteiger partial charge in [0.2, 0.25) is 0 Å². The Morgan fingerprint density at radius 2 is 1.71 bits per heavy atom. The molecule has 0 aliphatic heterocycles. The third-order valence-corrected chi connectivity index (χ3v) is 4.30. The van der Waals surface area contributed by atoms with Crippen molar-refractivity contribution in [3.63, 3.8) is 0 Å². The van der Waals surface area contributed by atoms with Crippen LogP contribution in [0.1, 0.15) is 32.9 Å². The second kappa shape index (κ2) is 8.39. The van der Waals surface area contributed by atoms with Crippen molar-refractivity contribution in [2.45, 2.75) is 13.3 Å². The predicted molar refractivity (Wildman–Crippen MR) is 104 cm³/mol. The molecule has 0 fully saturated rings. The van der Waals surface area contributed by atoms with Gasteiger partial charge in [0.25, 0.3) is 11.8 Å². The molecule has 2 N–H and O–H groups in total. The van der Waals surface area contributed by atoms with Crippen LogP contribution in [0, 0.1) is 6.92 Å². The average molecular weight is 380 g/mol. The van der Waals surface area contributed by atoms with Crippen LogP contribution in [-0.4, -0.2) is 31.4 Å². The molecule has 0 saturated carbocycles. The average Bonchev–Trinajstić information content (AvgIpc) is 3.05. The highest BCUT2D eigenvalue weighted by molar-refractivity contribution is 6.06. The summed E-state index contributed by atoms with van der Waals surface area (Å²) in [4.78, 5) is 35.6. The molecule has 0 radical (unpaired) electrons. The van der Waals surface area contributed by atoms with E-state index in [1.54, 1.807) is 24.3 Å². The quantitative estimate of drug-likeness (QED) is 0.640.